The van der Waals surface area contributed by atoms with Gasteiger partial charge in [0.05, 0.1) is 11.8 Å². The van der Waals surface area contributed by atoms with Gasteiger partial charge in [0.2, 0.25) is 5.91 Å². The molecule has 9 nitrogen and oxygen atoms in total. The van der Waals surface area contributed by atoms with Crippen LogP contribution in [0.3, 0.4) is 0 Å². The highest BCUT2D eigenvalue weighted by Crippen LogP contribution is 2.35. The van der Waals surface area contributed by atoms with Crippen LogP contribution in [-0.4, -0.2) is 41.4 Å². The molecule has 0 aliphatic carbocycles. The summed E-state index contributed by atoms with van der Waals surface area (Å²) in [6.45, 7) is 6.79. The number of nitrogens with one attached hydrogen (secondary N) is 1. The van der Waals surface area contributed by atoms with Crippen molar-refractivity contribution >= 4 is 40.6 Å². The molecule has 1 aromatic heterocycles. The van der Waals surface area contributed by atoms with E-state index in [4.69, 9.17) is 16.2 Å². The summed E-state index contributed by atoms with van der Waals surface area (Å²) in [7, 11) is 0. The molecule has 0 unspecified atom stereocenters. The quantitative estimate of drug-likeness (QED) is 0.415. The van der Waals surface area contributed by atoms with Gasteiger partial charge in [-0.25, -0.2) is 0 Å². The van der Waals surface area contributed by atoms with Crippen molar-refractivity contribution in [1.82, 2.24) is 9.69 Å². The monoisotopic (exact) mass is 521 g/mol. The molecule has 0 bridgehead atoms. The molecular formula is C27H31N5O4S. The molecule has 2 heterocycles. The third-order valence-corrected chi connectivity index (χ3v) is 7.49. The number of benzene rings is 2. The minimum Gasteiger partial charge on any atom is -0.395 e. The maximum atomic E-state index is 14.2. The van der Waals surface area contributed by atoms with Gasteiger partial charge >= 0.3 is 0 Å². The molecule has 1 aliphatic heterocycles. The topological polar surface area (TPSA) is 141 Å². The van der Waals surface area contributed by atoms with E-state index >= 15 is 0 Å². The Balaban J connectivity index is 1.85. The summed E-state index contributed by atoms with van der Waals surface area (Å²) in [6, 6.07) is 12.0. The Morgan fingerprint density at radius 2 is 1.89 bits per heavy atom. The lowest BCUT2D eigenvalue weighted by molar-refractivity contribution is -0.123. The van der Waals surface area contributed by atoms with Crippen LogP contribution in [0.15, 0.2) is 42.5 Å². The second kappa shape index (κ2) is 11.1. The molecule has 4 rings (SSSR count). The second-order valence-electron chi connectivity index (χ2n) is 9.23. The van der Waals surface area contributed by atoms with E-state index in [0.29, 0.717) is 24.4 Å². The zero-order chi connectivity index (χ0) is 26.7. The van der Waals surface area contributed by atoms with E-state index in [1.165, 1.54) is 4.90 Å². The number of hydrogen-bond donors (Lipinski definition) is 3. The molecule has 0 radical (unpaired) electrons. The van der Waals surface area contributed by atoms with E-state index in [1.807, 2.05) is 57.2 Å². The molecule has 0 saturated carbocycles. The molecule has 2 aromatic carbocycles. The minimum atomic E-state index is -1.02. The second-order valence-corrected chi connectivity index (χ2v) is 10.00. The molecule has 5 N–H and O–H groups in total. The largest absolute Gasteiger partial charge is 0.395 e. The number of nitrogens with two attached hydrogens (primary N) is 2. The van der Waals surface area contributed by atoms with Gasteiger partial charge in [-0.05, 0) is 67.9 Å². The standard InChI is InChI=1S/C27H31N5O4S/c1-15-9-11-18(12-10-15)23(26(34)30-14-19-7-5-13-36-19)32(20-8-4-6-16(2)17(20)3)27(35)24-21(28)22(25(29)33)31-37-24/h4,6,8-12,19,23H,5,7,13-14,28H2,1-3H3,(H2,29,33)(H,30,34)/t19-,23-/m0/s1. The molecule has 1 fully saturated rings. The number of anilines is 2. The van der Waals surface area contributed by atoms with E-state index in [2.05, 4.69) is 9.69 Å². The average molecular weight is 522 g/mol. The van der Waals surface area contributed by atoms with Gasteiger partial charge in [-0.15, -0.1) is 0 Å². The molecule has 194 valence electrons. The fourth-order valence-corrected chi connectivity index (χ4v) is 5.13. The zero-order valence-electron chi connectivity index (χ0n) is 21.1. The van der Waals surface area contributed by atoms with Crippen LogP contribution < -0.4 is 21.7 Å². The van der Waals surface area contributed by atoms with Crippen molar-refractivity contribution in [1.29, 1.82) is 0 Å². The summed E-state index contributed by atoms with van der Waals surface area (Å²) in [5.41, 5.74) is 15.3. The lowest BCUT2D eigenvalue weighted by Gasteiger charge is -2.33. The Hall–Kier alpha value is -3.76. The highest BCUT2D eigenvalue weighted by Gasteiger charge is 2.37. The fraction of sp³-hybridized carbons (Fsp3) is 0.333. The van der Waals surface area contributed by atoms with Gasteiger partial charge in [0.25, 0.3) is 11.8 Å². The summed E-state index contributed by atoms with van der Waals surface area (Å²) >= 11 is 0.787. The number of hydrogen-bond acceptors (Lipinski definition) is 7. The number of primary amides is 1. The highest BCUT2D eigenvalue weighted by molar-refractivity contribution is 7.09. The number of amides is 3. The lowest BCUT2D eigenvalue weighted by atomic mass is 9.99. The van der Waals surface area contributed by atoms with E-state index < -0.39 is 17.9 Å². The van der Waals surface area contributed by atoms with Crippen molar-refractivity contribution in [3.63, 3.8) is 0 Å². The predicted molar refractivity (Wildman–Crippen MR) is 144 cm³/mol. The van der Waals surface area contributed by atoms with Crippen LogP contribution in [-0.2, 0) is 9.53 Å². The summed E-state index contributed by atoms with van der Waals surface area (Å²) < 4.78 is 9.69. The first-order valence-corrected chi connectivity index (χ1v) is 12.9. The normalized spacial score (nSPS) is 15.8. The Morgan fingerprint density at radius 3 is 2.51 bits per heavy atom. The van der Waals surface area contributed by atoms with Crippen LogP contribution in [0.5, 0.6) is 0 Å². The molecule has 2 atom stereocenters. The first-order valence-electron chi connectivity index (χ1n) is 12.1. The van der Waals surface area contributed by atoms with Gasteiger partial charge in [-0.2, -0.15) is 4.37 Å². The Morgan fingerprint density at radius 1 is 1.16 bits per heavy atom. The first kappa shape index (κ1) is 26.3. The number of nitrogens with zero attached hydrogens (tertiary/aromatic N) is 2. The molecule has 3 amide bonds. The van der Waals surface area contributed by atoms with E-state index in [-0.39, 0.29) is 28.3 Å². The Bertz CT molecular complexity index is 1310. The van der Waals surface area contributed by atoms with Crippen LogP contribution in [0, 0.1) is 20.8 Å². The van der Waals surface area contributed by atoms with Crippen molar-refractivity contribution in [2.75, 3.05) is 23.8 Å². The van der Waals surface area contributed by atoms with Crippen molar-refractivity contribution in [3.05, 3.63) is 75.3 Å². The summed E-state index contributed by atoms with van der Waals surface area (Å²) in [6.07, 6.45) is 1.74. The van der Waals surface area contributed by atoms with Gasteiger partial charge < -0.3 is 21.5 Å². The summed E-state index contributed by atoms with van der Waals surface area (Å²) in [5.74, 6) is -1.73. The van der Waals surface area contributed by atoms with Crippen LogP contribution in [0.4, 0.5) is 11.4 Å². The molecule has 1 aliphatic rings. The van der Waals surface area contributed by atoms with Crippen molar-refractivity contribution in [2.45, 2.75) is 45.8 Å². The zero-order valence-corrected chi connectivity index (χ0v) is 21.9. The Kier molecular flexibility index (Phi) is 7.89. The SMILES string of the molecule is Cc1ccc([C@@H](C(=O)NC[C@@H]2CCCO2)N(C(=O)c2snc(C(N)=O)c2N)c2cccc(C)c2C)cc1. The molecule has 1 saturated heterocycles. The number of nitrogen functional groups attached to an aromatic ring is 1. The maximum Gasteiger partial charge on any atom is 0.273 e. The number of carbonyl (C=O) groups excluding carboxylic acids is 3. The Labute approximate surface area is 220 Å². The molecule has 0 spiro atoms. The van der Waals surface area contributed by atoms with E-state index in [0.717, 1.165) is 41.1 Å². The van der Waals surface area contributed by atoms with Crippen molar-refractivity contribution < 1.29 is 19.1 Å². The van der Waals surface area contributed by atoms with Gasteiger partial charge in [-0.1, -0.05) is 42.0 Å². The lowest BCUT2D eigenvalue weighted by Crippen LogP contribution is -2.46. The predicted octanol–water partition coefficient (Wildman–Crippen LogP) is 3.43. The first-order chi connectivity index (χ1) is 17.7. The van der Waals surface area contributed by atoms with Crippen LogP contribution in [0.2, 0.25) is 0 Å². The number of carbonyl (C=O) groups is 3. The third kappa shape index (κ3) is 5.50. The van der Waals surface area contributed by atoms with E-state index in [9.17, 15) is 14.4 Å². The molecule has 37 heavy (non-hydrogen) atoms. The van der Waals surface area contributed by atoms with Gasteiger partial charge in [0.15, 0.2) is 5.69 Å². The number of aryl methyl sites for hydroxylation is 2. The van der Waals surface area contributed by atoms with Crippen LogP contribution >= 0.6 is 11.5 Å². The number of ether oxygens (including phenoxy) is 1. The van der Waals surface area contributed by atoms with Gasteiger partial charge in [-0.3, -0.25) is 19.3 Å². The molecule has 3 aromatic rings. The molecular weight excluding hydrogens is 490 g/mol. The summed E-state index contributed by atoms with van der Waals surface area (Å²) in [5, 5.41) is 2.99. The highest BCUT2D eigenvalue weighted by atomic mass is 32.1. The average Bonchev–Trinajstić information content (AvgIpc) is 3.53. The van der Waals surface area contributed by atoms with Gasteiger partial charge in [0, 0.05) is 18.8 Å². The van der Waals surface area contributed by atoms with Crippen molar-refractivity contribution in [3.8, 4) is 0 Å². The number of rotatable bonds is 8. The third-order valence-electron chi connectivity index (χ3n) is 6.64. The van der Waals surface area contributed by atoms with Crippen molar-refractivity contribution in [2.24, 2.45) is 5.73 Å². The van der Waals surface area contributed by atoms with Crippen LogP contribution in [0.1, 0.15) is 61.3 Å². The minimum absolute atomic E-state index is 0.0405. The maximum absolute atomic E-state index is 14.2. The molecule has 10 heteroatoms. The van der Waals surface area contributed by atoms with E-state index in [1.54, 1.807) is 6.07 Å². The fourth-order valence-electron chi connectivity index (χ4n) is 4.38. The van der Waals surface area contributed by atoms with Gasteiger partial charge in [0.1, 0.15) is 10.9 Å². The van der Waals surface area contributed by atoms with Crippen LogP contribution in [0.25, 0.3) is 0 Å². The summed E-state index contributed by atoms with van der Waals surface area (Å²) in [4.78, 5) is 41.3. The number of aromatic nitrogens is 1. The smallest absolute Gasteiger partial charge is 0.273 e.